The van der Waals surface area contributed by atoms with Gasteiger partial charge in [-0.15, -0.1) is 0 Å². The molecule has 0 saturated heterocycles. The first kappa shape index (κ1) is 16.7. The molecular formula is C17H24N2O2S. The molecule has 4 nitrogen and oxygen atoms in total. The summed E-state index contributed by atoms with van der Waals surface area (Å²) in [6, 6.07) is 6.03. The molecule has 0 aliphatic rings. The van der Waals surface area contributed by atoms with Crippen molar-refractivity contribution in [1.29, 1.82) is 0 Å². The fourth-order valence-electron chi connectivity index (χ4n) is 2.38. The third kappa shape index (κ3) is 3.77. The van der Waals surface area contributed by atoms with Crippen molar-refractivity contribution in [2.24, 2.45) is 4.99 Å². The van der Waals surface area contributed by atoms with Crippen LogP contribution in [0.25, 0.3) is 10.2 Å². The highest BCUT2D eigenvalue weighted by Gasteiger charge is 2.12. The van der Waals surface area contributed by atoms with Crippen LogP contribution in [0.1, 0.15) is 46.5 Å². The second kappa shape index (κ2) is 8.13. The highest BCUT2D eigenvalue weighted by atomic mass is 32.1. The molecule has 0 unspecified atom stereocenters. The minimum Gasteiger partial charge on any atom is -0.492 e. The Kier molecular flexibility index (Phi) is 6.19. The Bertz CT molecular complexity index is 700. The number of aromatic nitrogens is 1. The predicted molar refractivity (Wildman–Crippen MR) is 91.4 cm³/mol. The summed E-state index contributed by atoms with van der Waals surface area (Å²) in [4.78, 5) is 17.1. The van der Waals surface area contributed by atoms with Crippen molar-refractivity contribution in [2.75, 3.05) is 6.61 Å². The van der Waals surface area contributed by atoms with Crippen LogP contribution in [0.15, 0.2) is 23.2 Å². The second-order valence-electron chi connectivity index (χ2n) is 5.18. The Morgan fingerprint density at radius 1 is 1.27 bits per heavy atom. The molecule has 1 aromatic carbocycles. The number of benzene rings is 1. The van der Waals surface area contributed by atoms with E-state index in [-0.39, 0.29) is 5.91 Å². The summed E-state index contributed by atoms with van der Waals surface area (Å²) in [6.07, 6.45) is 3.42. The molecule has 0 radical (unpaired) electrons. The van der Waals surface area contributed by atoms with E-state index in [0.29, 0.717) is 13.0 Å². The van der Waals surface area contributed by atoms with Gasteiger partial charge in [0.25, 0.3) is 0 Å². The topological polar surface area (TPSA) is 43.6 Å². The van der Waals surface area contributed by atoms with Gasteiger partial charge in [-0.25, -0.2) is 0 Å². The number of ether oxygens (including phenoxy) is 1. The summed E-state index contributed by atoms with van der Waals surface area (Å²) in [5, 5.41) is 0. The summed E-state index contributed by atoms with van der Waals surface area (Å²) in [5.74, 6) is 0.836. The number of rotatable bonds is 7. The van der Waals surface area contributed by atoms with Gasteiger partial charge in [0.15, 0.2) is 4.80 Å². The summed E-state index contributed by atoms with van der Waals surface area (Å²) < 4.78 is 8.98. The maximum Gasteiger partial charge on any atom is 0.248 e. The van der Waals surface area contributed by atoms with Crippen LogP contribution in [0, 0.1) is 0 Å². The Balaban J connectivity index is 2.54. The molecule has 1 aromatic heterocycles. The molecule has 0 N–H and O–H groups in total. The van der Waals surface area contributed by atoms with Crippen LogP contribution < -0.4 is 9.54 Å². The molecule has 0 spiro atoms. The summed E-state index contributed by atoms with van der Waals surface area (Å²) >= 11 is 1.56. The van der Waals surface area contributed by atoms with Crippen molar-refractivity contribution in [3.63, 3.8) is 0 Å². The molecular weight excluding hydrogens is 296 g/mol. The first-order valence-electron chi connectivity index (χ1n) is 8.03. The van der Waals surface area contributed by atoms with Crippen LogP contribution in [0.3, 0.4) is 0 Å². The standard InChI is InChI=1S/C17H24N2O2S/c1-4-7-11-15(20)18-17-19(12-5-2)16-13(21-6-3)9-8-10-14(16)22-17/h8-10H,4-7,11-12H2,1-3H3. The van der Waals surface area contributed by atoms with Gasteiger partial charge < -0.3 is 9.30 Å². The number of para-hydroxylation sites is 1. The zero-order chi connectivity index (χ0) is 15.9. The summed E-state index contributed by atoms with van der Waals surface area (Å²) in [6.45, 7) is 7.66. The maximum atomic E-state index is 12.0. The monoisotopic (exact) mass is 320 g/mol. The van der Waals surface area contributed by atoms with Gasteiger partial charge in [0.2, 0.25) is 5.91 Å². The average Bonchev–Trinajstić information content (AvgIpc) is 2.84. The van der Waals surface area contributed by atoms with Crippen molar-refractivity contribution < 1.29 is 9.53 Å². The quantitative estimate of drug-likeness (QED) is 0.770. The van der Waals surface area contributed by atoms with E-state index in [1.807, 2.05) is 19.1 Å². The van der Waals surface area contributed by atoms with E-state index in [9.17, 15) is 4.79 Å². The highest BCUT2D eigenvalue weighted by Crippen LogP contribution is 2.27. The lowest BCUT2D eigenvalue weighted by Crippen LogP contribution is -2.17. The van der Waals surface area contributed by atoms with Gasteiger partial charge in [0.1, 0.15) is 11.3 Å². The third-order valence-electron chi connectivity index (χ3n) is 3.38. The van der Waals surface area contributed by atoms with Crippen molar-refractivity contribution in [2.45, 2.75) is 53.0 Å². The van der Waals surface area contributed by atoms with Gasteiger partial charge in [-0.3, -0.25) is 4.79 Å². The van der Waals surface area contributed by atoms with Gasteiger partial charge in [-0.1, -0.05) is 37.7 Å². The van der Waals surface area contributed by atoms with Crippen molar-refractivity contribution >= 4 is 27.5 Å². The lowest BCUT2D eigenvalue weighted by Gasteiger charge is -2.08. The van der Waals surface area contributed by atoms with Crippen LogP contribution >= 0.6 is 11.3 Å². The number of nitrogens with zero attached hydrogens (tertiary/aromatic N) is 2. The molecule has 0 saturated carbocycles. The van der Waals surface area contributed by atoms with E-state index in [4.69, 9.17) is 4.74 Å². The molecule has 0 bridgehead atoms. The lowest BCUT2D eigenvalue weighted by molar-refractivity contribution is -0.118. The number of thiazole rings is 1. The molecule has 1 heterocycles. The number of aryl methyl sites for hydroxylation is 1. The first-order chi connectivity index (χ1) is 10.7. The number of fused-ring (bicyclic) bond motifs is 1. The number of unbranched alkanes of at least 4 members (excludes halogenated alkanes) is 1. The number of carbonyl (C=O) groups is 1. The van der Waals surface area contributed by atoms with Crippen molar-refractivity contribution in [3.8, 4) is 5.75 Å². The zero-order valence-corrected chi connectivity index (χ0v) is 14.4. The maximum absolute atomic E-state index is 12.0. The largest absolute Gasteiger partial charge is 0.492 e. The van der Waals surface area contributed by atoms with E-state index in [1.54, 1.807) is 11.3 Å². The summed E-state index contributed by atoms with van der Waals surface area (Å²) in [7, 11) is 0. The molecule has 0 aliphatic carbocycles. The molecule has 0 atom stereocenters. The smallest absolute Gasteiger partial charge is 0.248 e. The SMILES string of the molecule is CCCCC(=O)N=c1sc2cccc(OCC)c2n1CCC. The Hall–Kier alpha value is -1.62. The Morgan fingerprint density at radius 2 is 2.09 bits per heavy atom. The van der Waals surface area contributed by atoms with Gasteiger partial charge >= 0.3 is 0 Å². The van der Waals surface area contributed by atoms with Gasteiger partial charge in [-0.2, -0.15) is 4.99 Å². The second-order valence-corrected chi connectivity index (χ2v) is 6.19. The molecule has 2 rings (SSSR count). The first-order valence-corrected chi connectivity index (χ1v) is 8.85. The molecule has 5 heteroatoms. The average molecular weight is 320 g/mol. The number of carbonyl (C=O) groups excluding carboxylic acids is 1. The minimum atomic E-state index is -0.0313. The molecule has 2 aromatic rings. The van der Waals surface area contributed by atoms with Crippen molar-refractivity contribution in [3.05, 3.63) is 23.0 Å². The molecule has 0 aliphatic heterocycles. The normalized spacial score (nSPS) is 12.0. The number of hydrogen-bond donors (Lipinski definition) is 0. The summed E-state index contributed by atoms with van der Waals surface area (Å²) in [5.41, 5.74) is 1.05. The molecule has 1 amide bonds. The van der Waals surface area contributed by atoms with Crippen LogP contribution in [0.2, 0.25) is 0 Å². The fourth-order valence-corrected chi connectivity index (χ4v) is 3.47. The minimum absolute atomic E-state index is 0.0313. The molecule has 120 valence electrons. The van der Waals surface area contributed by atoms with Crippen LogP contribution in [0.4, 0.5) is 0 Å². The lowest BCUT2D eigenvalue weighted by atomic mass is 10.2. The van der Waals surface area contributed by atoms with Crippen LogP contribution in [-0.2, 0) is 11.3 Å². The number of hydrogen-bond acceptors (Lipinski definition) is 3. The third-order valence-corrected chi connectivity index (χ3v) is 4.42. The van der Waals surface area contributed by atoms with Crippen LogP contribution in [-0.4, -0.2) is 17.1 Å². The molecule has 22 heavy (non-hydrogen) atoms. The van der Waals surface area contributed by atoms with E-state index >= 15 is 0 Å². The van der Waals surface area contributed by atoms with E-state index in [0.717, 1.165) is 46.6 Å². The molecule has 0 fully saturated rings. The zero-order valence-electron chi connectivity index (χ0n) is 13.6. The fraction of sp³-hybridized carbons (Fsp3) is 0.529. The Labute approximate surface area is 135 Å². The van der Waals surface area contributed by atoms with Gasteiger partial charge in [0.05, 0.1) is 11.3 Å². The van der Waals surface area contributed by atoms with Gasteiger partial charge in [-0.05, 0) is 31.9 Å². The van der Waals surface area contributed by atoms with Crippen LogP contribution in [0.5, 0.6) is 5.75 Å². The predicted octanol–water partition coefficient (Wildman–Crippen LogP) is 4.13. The van der Waals surface area contributed by atoms with E-state index in [1.165, 1.54) is 0 Å². The van der Waals surface area contributed by atoms with E-state index < -0.39 is 0 Å². The van der Waals surface area contributed by atoms with Crippen molar-refractivity contribution in [1.82, 2.24) is 4.57 Å². The Morgan fingerprint density at radius 3 is 2.77 bits per heavy atom. The van der Waals surface area contributed by atoms with E-state index in [2.05, 4.69) is 29.5 Å². The number of amides is 1. The van der Waals surface area contributed by atoms with Gasteiger partial charge in [0, 0.05) is 13.0 Å². The highest BCUT2D eigenvalue weighted by molar-refractivity contribution is 7.16.